The summed E-state index contributed by atoms with van der Waals surface area (Å²) in [7, 11) is 0. The number of nitrogens with zero attached hydrogens (tertiary/aromatic N) is 1. The van der Waals surface area contributed by atoms with E-state index in [1.165, 1.54) is 26.0 Å². The first-order chi connectivity index (χ1) is 19.3. The normalized spacial score (nSPS) is 24.2. The number of nitrogens with one attached hydrogen (secondary N) is 3. The second-order valence-electron chi connectivity index (χ2n) is 11.9. The first kappa shape index (κ1) is 33.7. The number of rotatable bonds is 8. The molecule has 2 fully saturated rings. The summed E-state index contributed by atoms with van der Waals surface area (Å²) in [6.07, 6.45) is -0.360. The average molecular weight is 635 g/mol. The summed E-state index contributed by atoms with van der Waals surface area (Å²) < 4.78 is 43.3. The summed E-state index contributed by atoms with van der Waals surface area (Å²) in [5.74, 6) is -4.60. The highest BCUT2D eigenvalue weighted by Gasteiger charge is 2.45. The fraction of sp³-hybridized carbons (Fsp3) is 0.630. The van der Waals surface area contributed by atoms with Crippen LogP contribution in [0.2, 0.25) is 5.02 Å². The molecule has 0 aromatic heterocycles. The first-order valence-corrected chi connectivity index (χ1v) is 14.2. The first-order valence-electron chi connectivity index (χ1n) is 13.4. The summed E-state index contributed by atoms with van der Waals surface area (Å²) in [4.78, 5) is 51.2. The van der Waals surface area contributed by atoms with Crippen molar-refractivity contribution in [2.45, 2.75) is 88.8 Å². The maximum atomic E-state index is 13.7. The van der Waals surface area contributed by atoms with Gasteiger partial charge in [-0.25, -0.2) is 13.6 Å². The molecule has 0 radical (unpaired) electrons. The molecule has 1 saturated carbocycles. The largest absolute Gasteiger partial charge is 0.484 e. The molecule has 1 aromatic carbocycles. The maximum Gasteiger partial charge on any atom is 0.411 e. The van der Waals surface area contributed by atoms with E-state index in [1.54, 1.807) is 20.8 Å². The Bertz CT molecular complexity index is 1190. The number of thiol groups is 1. The molecule has 1 saturated heterocycles. The third kappa shape index (κ3) is 9.87. The predicted octanol–water partition coefficient (Wildman–Crippen LogP) is 3.65. The van der Waals surface area contributed by atoms with Crippen LogP contribution < -0.4 is 20.9 Å². The highest BCUT2D eigenvalue weighted by Crippen LogP contribution is 2.34. The van der Waals surface area contributed by atoms with Gasteiger partial charge in [0.25, 0.3) is 11.8 Å². The Morgan fingerprint density at radius 1 is 1.12 bits per heavy atom. The summed E-state index contributed by atoms with van der Waals surface area (Å²) >= 11 is 10.2. The van der Waals surface area contributed by atoms with Gasteiger partial charge in [0.15, 0.2) is 6.61 Å². The van der Waals surface area contributed by atoms with Gasteiger partial charge in [-0.2, -0.15) is 0 Å². The molecular weight excluding hydrogens is 598 g/mol. The number of benzene rings is 1. The summed E-state index contributed by atoms with van der Waals surface area (Å²) in [5, 5.41) is 2.60. The van der Waals surface area contributed by atoms with Crippen molar-refractivity contribution in [1.29, 1.82) is 0 Å². The third-order valence-corrected chi connectivity index (χ3v) is 7.21. The second kappa shape index (κ2) is 13.2. The Morgan fingerprint density at radius 3 is 2.36 bits per heavy atom. The van der Waals surface area contributed by atoms with Crippen LogP contribution in [0.5, 0.6) is 5.75 Å². The molecule has 15 heteroatoms. The quantitative estimate of drug-likeness (QED) is 0.195. The monoisotopic (exact) mass is 634 g/mol. The molecule has 234 valence electrons. The van der Waals surface area contributed by atoms with Crippen molar-refractivity contribution >= 4 is 48.0 Å². The standard InChI is InChI=1S/C27H37ClF2N4O7S/c1-25(2,3)41-24(38)34-14-27(42,31-21(35)13-39-16-6-7-18(28)19(29)12-16)9-8-20(34)23(37)33-32-22(36)15-10-17(11-15)40-26(4,5)30/h6-7,12,15,17,20,42H,8-11,13-14H2,1-5H3,(H,31,35)(H,32,36)(H,33,37)/t15-,17+,20-,27+/m1/s1. The highest BCUT2D eigenvalue weighted by atomic mass is 35.5. The Labute approximate surface area is 253 Å². The third-order valence-electron chi connectivity index (χ3n) is 6.42. The number of hydrogen-bond acceptors (Lipinski definition) is 8. The van der Waals surface area contributed by atoms with Gasteiger partial charge in [0.2, 0.25) is 11.8 Å². The SMILES string of the molecule is CC(C)(C)OC(=O)N1C[C@](S)(NC(=O)COc2ccc(Cl)c(F)c2)CC[C@@H]1C(=O)NNC(=O)[C@H]1C[C@@H](OC(C)(C)F)C1. The molecule has 1 aromatic rings. The van der Waals surface area contributed by atoms with Crippen LogP contribution in [-0.2, 0) is 23.9 Å². The summed E-state index contributed by atoms with van der Waals surface area (Å²) in [6, 6.07) is 2.70. The molecular formula is C27H37ClF2N4O7S. The molecule has 0 bridgehead atoms. The van der Waals surface area contributed by atoms with Crippen molar-refractivity contribution < 1.29 is 42.2 Å². The van der Waals surface area contributed by atoms with E-state index in [0.717, 1.165) is 11.0 Å². The number of carbonyl (C=O) groups is 4. The minimum absolute atomic E-state index is 0.0684. The molecule has 3 N–H and O–H groups in total. The molecule has 2 atom stereocenters. The van der Waals surface area contributed by atoms with Crippen molar-refractivity contribution in [2.75, 3.05) is 13.2 Å². The van der Waals surface area contributed by atoms with Gasteiger partial charge in [-0.3, -0.25) is 30.1 Å². The molecule has 1 heterocycles. The number of piperidine rings is 1. The molecule has 4 amide bonds. The van der Waals surface area contributed by atoms with Crippen molar-refractivity contribution in [3.63, 3.8) is 0 Å². The lowest BCUT2D eigenvalue weighted by molar-refractivity contribution is -0.188. The summed E-state index contributed by atoms with van der Waals surface area (Å²) in [5.41, 5.74) is 3.83. The molecule has 42 heavy (non-hydrogen) atoms. The van der Waals surface area contributed by atoms with Gasteiger partial charge in [-0.05, 0) is 72.4 Å². The van der Waals surface area contributed by atoms with E-state index in [9.17, 15) is 28.0 Å². The van der Waals surface area contributed by atoms with Crippen LogP contribution in [-0.4, -0.2) is 70.3 Å². The molecule has 2 aliphatic rings. The lowest BCUT2D eigenvalue weighted by Gasteiger charge is -2.44. The Balaban J connectivity index is 1.59. The molecule has 11 nitrogen and oxygen atoms in total. The van der Waals surface area contributed by atoms with E-state index in [0.29, 0.717) is 12.8 Å². The van der Waals surface area contributed by atoms with Crippen LogP contribution in [0.25, 0.3) is 0 Å². The topological polar surface area (TPSA) is 135 Å². The molecule has 3 rings (SSSR count). The number of likely N-dealkylation sites (tertiary alicyclic amines) is 1. The van der Waals surface area contributed by atoms with Crippen LogP contribution >= 0.6 is 24.2 Å². The second-order valence-corrected chi connectivity index (χ2v) is 13.1. The fourth-order valence-electron chi connectivity index (χ4n) is 4.48. The number of amides is 4. The fourth-order valence-corrected chi connectivity index (χ4v) is 5.01. The van der Waals surface area contributed by atoms with Crippen LogP contribution in [0.3, 0.4) is 0 Å². The predicted molar refractivity (Wildman–Crippen MR) is 152 cm³/mol. The lowest BCUT2D eigenvalue weighted by atomic mass is 9.81. The van der Waals surface area contributed by atoms with Gasteiger partial charge in [0.1, 0.15) is 28.1 Å². The molecule has 1 aliphatic heterocycles. The van der Waals surface area contributed by atoms with Crippen molar-refractivity contribution in [1.82, 2.24) is 21.1 Å². The Kier molecular flexibility index (Phi) is 10.6. The Hall–Kier alpha value is -2.84. The van der Waals surface area contributed by atoms with E-state index in [2.05, 4.69) is 28.8 Å². The molecule has 1 aliphatic carbocycles. The van der Waals surface area contributed by atoms with E-state index in [-0.39, 0.29) is 30.2 Å². The van der Waals surface area contributed by atoms with Gasteiger partial charge in [-0.15, -0.1) is 12.6 Å². The van der Waals surface area contributed by atoms with E-state index < -0.39 is 70.6 Å². The number of alkyl halides is 1. The van der Waals surface area contributed by atoms with Crippen molar-refractivity contribution in [2.24, 2.45) is 5.92 Å². The maximum absolute atomic E-state index is 13.7. The van der Waals surface area contributed by atoms with Gasteiger partial charge >= 0.3 is 6.09 Å². The number of halogens is 3. The van der Waals surface area contributed by atoms with Crippen molar-refractivity contribution in [3.8, 4) is 5.75 Å². The van der Waals surface area contributed by atoms with E-state index >= 15 is 0 Å². The number of carbonyl (C=O) groups excluding carboxylic acids is 4. The smallest absolute Gasteiger partial charge is 0.411 e. The number of hydrogen-bond donors (Lipinski definition) is 4. The summed E-state index contributed by atoms with van der Waals surface area (Å²) in [6.45, 7) is 6.87. The zero-order chi connectivity index (χ0) is 31.5. The number of ether oxygens (including phenoxy) is 3. The van der Waals surface area contributed by atoms with Crippen LogP contribution in [0.1, 0.15) is 60.3 Å². The zero-order valence-electron chi connectivity index (χ0n) is 24.1. The van der Waals surface area contributed by atoms with Gasteiger partial charge in [0.05, 0.1) is 17.7 Å². The number of hydrazine groups is 1. The Morgan fingerprint density at radius 2 is 1.76 bits per heavy atom. The minimum atomic E-state index is -1.81. The van der Waals surface area contributed by atoms with Gasteiger partial charge in [0, 0.05) is 12.0 Å². The van der Waals surface area contributed by atoms with E-state index in [4.69, 9.17) is 25.8 Å². The molecule has 0 spiro atoms. The van der Waals surface area contributed by atoms with Crippen LogP contribution in [0, 0.1) is 11.7 Å². The average Bonchev–Trinajstić information content (AvgIpc) is 2.83. The zero-order valence-corrected chi connectivity index (χ0v) is 25.7. The highest BCUT2D eigenvalue weighted by molar-refractivity contribution is 7.81. The minimum Gasteiger partial charge on any atom is -0.484 e. The van der Waals surface area contributed by atoms with Crippen LogP contribution in [0.15, 0.2) is 18.2 Å². The lowest BCUT2D eigenvalue weighted by Crippen LogP contribution is -2.64. The van der Waals surface area contributed by atoms with E-state index in [1.807, 2.05) is 0 Å². The molecule has 0 unspecified atom stereocenters. The van der Waals surface area contributed by atoms with Gasteiger partial charge < -0.3 is 19.5 Å². The van der Waals surface area contributed by atoms with Crippen LogP contribution in [0.4, 0.5) is 13.6 Å². The van der Waals surface area contributed by atoms with Crippen molar-refractivity contribution in [3.05, 3.63) is 29.0 Å². The van der Waals surface area contributed by atoms with Gasteiger partial charge in [-0.1, -0.05) is 11.6 Å².